The predicted molar refractivity (Wildman–Crippen MR) is 115 cm³/mol. The highest BCUT2D eigenvalue weighted by atomic mass is 35.5. The molecular weight excluding hydrogens is 439 g/mol. The molecule has 1 amide bonds. The molecule has 0 bridgehead atoms. The van der Waals surface area contributed by atoms with Crippen LogP contribution >= 0.6 is 46.6 Å². The van der Waals surface area contributed by atoms with Crippen LogP contribution in [0.4, 0.5) is 0 Å². The van der Waals surface area contributed by atoms with Crippen molar-refractivity contribution in [3.05, 3.63) is 63.1 Å². The highest BCUT2D eigenvalue weighted by molar-refractivity contribution is 7.99. The summed E-state index contributed by atoms with van der Waals surface area (Å²) in [5.41, 5.74) is 1.73. The zero-order valence-electron chi connectivity index (χ0n) is 15.0. The standard InChI is InChI=1S/C19H17Cl3N4OS/c1-2-26-18(15-8-7-14(21)9-16(15)22)24-25-19(26)28-11-17(27)23-10-12-3-5-13(20)6-4-12/h3-9H,2,10-11H2,1H3,(H,23,27). The van der Waals surface area contributed by atoms with E-state index in [1.165, 1.54) is 11.8 Å². The zero-order valence-corrected chi connectivity index (χ0v) is 18.0. The van der Waals surface area contributed by atoms with Gasteiger partial charge in [0.1, 0.15) is 0 Å². The van der Waals surface area contributed by atoms with Crippen LogP contribution in [0.25, 0.3) is 11.4 Å². The van der Waals surface area contributed by atoms with Crippen LogP contribution in [0.5, 0.6) is 0 Å². The minimum atomic E-state index is -0.0864. The van der Waals surface area contributed by atoms with Gasteiger partial charge in [0.15, 0.2) is 11.0 Å². The van der Waals surface area contributed by atoms with E-state index in [9.17, 15) is 4.79 Å². The Morgan fingerprint density at radius 3 is 2.46 bits per heavy atom. The van der Waals surface area contributed by atoms with Crippen molar-refractivity contribution in [2.45, 2.75) is 25.2 Å². The number of nitrogens with zero attached hydrogens (tertiary/aromatic N) is 3. The van der Waals surface area contributed by atoms with Crippen molar-refractivity contribution in [3.63, 3.8) is 0 Å². The highest BCUT2D eigenvalue weighted by Crippen LogP contribution is 2.31. The van der Waals surface area contributed by atoms with Gasteiger partial charge in [-0.1, -0.05) is 58.7 Å². The molecule has 3 rings (SSSR count). The Morgan fingerprint density at radius 1 is 1.07 bits per heavy atom. The molecule has 146 valence electrons. The SMILES string of the molecule is CCn1c(SCC(=O)NCc2ccc(Cl)cc2)nnc1-c1ccc(Cl)cc1Cl. The van der Waals surface area contributed by atoms with Gasteiger partial charge in [0, 0.05) is 28.7 Å². The van der Waals surface area contributed by atoms with E-state index in [0.717, 1.165) is 11.1 Å². The molecule has 0 aliphatic rings. The third-order valence-electron chi connectivity index (χ3n) is 3.94. The van der Waals surface area contributed by atoms with Crippen LogP contribution in [0.1, 0.15) is 12.5 Å². The van der Waals surface area contributed by atoms with E-state index in [-0.39, 0.29) is 11.7 Å². The molecule has 1 heterocycles. The van der Waals surface area contributed by atoms with E-state index in [1.54, 1.807) is 24.3 Å². The van der Waals surface area contributed by atoms with Gasteiger partial charge in [0.25, 0.3) is 0 Å². The fourth-order valence-electron chi connectivity index (χ4n) is 2.53. The van der Waals surface area contributed by atoms with Crippen LogP contribution in [-0.4, -0.2) is 26.4 Å². The summed E-state index contributed by atoms with van der Waals surface area (Å²) in [5, 5.41) is 13.7. The summed E-state index contributed by atoms with van der Waals surface area (Å²) in [6, 6.07) is 12.6. The number of amides is 1. The molecule has 9 heteroatoms. The quantitative estimate of drug-likeness (QED) is 0.489. The number of benzene rings is 2. The lowest BCUT2D eigenvalue weighted by Crippen LogP contribution is -2.24. The molecule has 0 saturated heterocycles. The molecule has 1 aromatic heterocycles. The third-order valence-corrected chi connectivity index (χ3v) is 5.71. The Balaban J connectivity index is 1.63. The van der Waals surface area contributed by atoms with Crippen molar-refractivity contribution in [3.8, 4) is 11.4 Å². The first kappa shape index (κ1) is 21.0. The van der Waals surface area contributed by atoms with Crippen molar-refractivity contribution in [1.82, 2.24) is 20.1 Å². The van der Waals surface area contributed by atoms with Gasteiger partial charge in [0.2, 0.25) is 5.91 Å². The summed E-state index contributed by atoms with van der Waals surface area (Å²) in [5.74, 6) is 0.796. The van der Waals surface area contributed by atoms with Crippen molar-refractivity contribution < 1.29 is 4.79 Å². The monoisotopic (exact) mass is 454 g/mol. The number of nitrogens with one attached hydrogen (secondary N) is 1. The second kappa shape index (κ2) is 9.65. The molecule has 0 radical (unpaired) electrons. The molecule has 0 atom stereocenters. The van der Waals surface area contributed by atoms with Crippen LogP contribution in [0.3, 0.4) is 0 Å². The van der Waals surface area contributed by atoms with Gasteiger partial charge >= 0.3 is 0 Å². The van der Waals surface area contributed by atoms with Gasteiger partial charge in [-0.3, -0.25) is 4.79 Å². The fraction of sp³-hybridized carbons (Fsp3) is 0.211. The summed E-state index contributed by atoms with van der Waals surface area (Å²) in [6.07, 6.45) is 0. The molecule has 3 aromatic rings. The predicted octanol–water partition coefficient (Wildman–Crippen LogP) is 5.33. The highest BCUT2D eigenvalue weighted by Gasteiger charge is 2.16. The second-order valence-electron chi connectivity index (χ2n) is 5.87. The summed E-state index contributed by atoms with van der Waals surface area (Å²) in [4.78, 5) is 12.2. The van der Waals surface area contributed by atoms with Gasteiger partial charge in [-0.2, -0.15) is 0 Å². The van der Waals surface area contributed by atoms with E-state index >= 15 is 0 Å². The van der Waals surface area contributed by atoms with Crippen LogP contribution in [0.15, 0.2) is 47.6 Å². The molecule has 0 unspecified atom stereocenters. The van der Waals surface area contributed by atoms with E-state index in [4.69, 9.17) is 34.8 Å². The number of hydrogen-bond acceptors (Lipinski definition) is 4. The Hall–Kier alpha value is -1.73. The molecule has 1 N–H and O–H groups in total. The molecular formula is C19H17Cl3N4OS. The Morgan fingerprint density at radius 2 is 1.79 bits per heavy atom. The molecule has 5 nitrogen and oxygen atoms in total. The summed E-state index contributed by atoms with van der Waals surface area (Å²) in [6.45, 7) is 3.08. The van der Waals surface area contributed by atoms with E-state index in [0.29, 0.717) is 39.1 Å². The first-order chi connectivity index (χ1) is 13.5. The maximum absolute atomic E-state index is 12.2. The second-order valence-corrected chi connectivity index (χ2v) is 8.09. The maximum atomic E-state index is 12.2. The first-order valence-electron chi connectivity index (χ1n) is 8.50. The minimum absolute atomic E-state index is 0.0864. The molecule has 0 saturated carbocycles. The van der Waals surface area contributed by atoms with Crippen molar-refractivity contribution in [2.24, 2.45) is 0 Å². The van der Waals surface area contributed by atoms with E-state index < -0.39 is 0 Å². The van der Waals surface area contributed by atoms with Gasteiger partial charge in [-0.15, -0.1) is 10.2 Å². The van der Waals surface area contributed by atoms with Gasteiger partial charge in [0.05, 0.1) is 10.8 Å². The first-order valence-corrected chi connectivity index (χ1v) is 10.6. The lowest BCUT2D eigenvalue weighted by atomic mass is 10.2. The minimum Gasteiger partial charge on any atom is -0.351 e. The third kappa shape index (κ3) is 5.20. The fourth-order valence-corrected chi connectivity index (χ4v) is 3.99. The zero-order chi connectivity index (χ0) is 20.1. The topological polar surface area (TPSA) is 59.8 Å². The molecule has 0 spiro atoms. The van der Waals surface area contributed by atoms with Crippen molar-refractivity contribution in [2.75, 3.05) is 5.75 Å². The summed E-state index contributed by atoms with van der Waals surface area (Å²) < 4.78 is 1.92. The van der Waals surface area contributed by atoms with Crippen LogP contribution < -0.4 is 5.32 Å². The largest absolute Gasteiger partial charge is 0.351 e. The number of aromatic nitrogens is 3. The normalized spacial score (nSPS) is 10.9. The number of halogens is 3. The number of carbonyl (C=O) groups excluding carboxylic acids is 1. The molecule has 2 aromatic carbocycles. The average molecular weight is 456 g/mol. The number of hydrogen-bond donors (Lipinski definition) is 1. The van der Waals surface area contributed by atoms with Crippen molar-refractivity contribution in [1.29, 1.82) is 0 Å². The van der Waals surface area contributed by atoms with Gasteiger partial charge < -0.3 is 9.88 Å². The van der Waals surface area contributed by atoms with Crippen molar-refractivity contribution >= 4 is 52.5 Å². The van der Waals surface area contributed by atoms with E-state index in [1.807, 2.05) is 29.7 Å². The number of thioether (sulfide) groups is 1. The summed E-state index contributed by atoms with van der Waals surface area (Å²) in [7, 11) is 0. The van der Waals surface area contributed by atoms with Crippen LogP contribution in [-0.2, 0) is 17.9 Å². The van der Waals surface area contributed by atoms with Crippen LogP contribution in [0.2, 0.25) is 15.1 Å². The molecule has 0 aliphatic carbocycles. The number of carbonyl (C=O) groups is 1. The van der Waals surface area contributed by atoms with Gasteiger partial charge in [-0.05, 0) is 42.8 Å². The number of rotatable bonds is 7. The molecule has 0 fully saturated rings. The molecule has 0 aliphatic heterocycles. The van der Waals surface area contributed by atoms with Crippen LogP contribution in [0, 0.1) is 0 Å². The maximum Gasteiger partial charge on any atom is 0.230 e. The Bertz CT molecular complexity index is 976. The molecule has 28 heavy (non-hydrogen) atoms. The van der Waals surface area contributed by atoms with Gasteiger partial charge in [-0.25, -0.2) is 0 Å². The lowest BCUT2D eigenvalue weighted by molar-refractivity contribution is -0.118. The Kier molecular flexibility index (Phi) is 7.24. The smallest absolute Gasteiger partial charge is 0.230 e. The lowest BCUT2D eigenvalue weighted by Gasteiger charge is -2.09. The average Bonchev–Trinajstić information content (AvgIpc) is 3.08. The van der Waals surface area contributed by atoms with E-state index in [2.05, 4.69) is 15.5 Å². The summed E-state index contributed by atoms with van der Waals surface area (Å²) >= 11 is 19.5. The Labute approximate surface area is 182 Å².